The van der Waals surface area contributed by atoms with Crippen molar-refractivity contribution in [1.82, 2.24) is 5.32 Å². The lowest BCUT2D eigenvalue weighted by Gasteiger charge is -2.10. The summed E-state index contributed by atoms with van der Waals surface area (Å²) in [7, 11) is 1.54. The van der Waals surface area contributed by atoms with Crippen LogP contribution in [0.3, 0.4) is 0 Å². The van der Waals surface area contributed by atoms with Crippen LogP contribution in [0.1, 0.15) is 27.1 Å². The summed E-state index contributed by atoms with van der Waals surface area (Å²) >= 11 is 0. The first-order valence-corrected chi connectivity index (χ1v) is 9.74. The normalized spacial score (nSPS) is 10.1. The van der Waals surface area contributed by atoms with Crippen molar-refractivity contribution in [3.05, 3.63) is 90.0 Å². The number of carbonyl (C=O) groups excluding carboxylic acids is 3. The average molecular weight is 417 g/mol. The van der Waals surface area contributed by atoms with Gasteiger partial charge in [-0.25, -0.2) is 0 Å². The summed E-state index contributed by atoms with van der Waals surface area (Å²) in [5.74, 6) is -0.177. The predicted molar refractivity (Wildman–Crippen MR) is 119 cm³/mol. The molecule has 7 heteroatoms. The van der Waals surface area contributed by atoms with E-state index < -0.39 is 0 Å². The minimum atomic E-state index is -0.286. The number of ether oxygens (including phenoxy) is 1. The SMILES string of the molecule is COc1ccccc1NC(=O)c1ccc(NC(=O)CCNC(=O)c2ccccc2)cc1. The van der Waals surface area contributed by atoms with Crippen molar-refractivity contribution in [2.45, 2.75) is 6.42 Å². The Balaban J connectivity index is 1.48. The van der Waals surface area contributed by atoms with Crippen LogP contribution in [-0.2, 0) is 4.79 Å². The number of carbonyl (C=O) groups is 3. The van der Waals surface area contributed by atoms with Gasteiger partial charge < -0.3 is 20.7 Å². The summed E-state index contributed by atoms with van der Waals surface area (Å²) in [6, 6.07) is 22.5. The molecule has 3 aromatic carbocycles. The second-order valence-electron chi connectivity index (χ2n) is 6.65. The van der Waals surface area contributed by atoms with Crippen molar-refractivity contribution >= 4 is 29.1 Å². The van der Waals surface area contributed by atoms with E-state index in [2.05, 4.69) is 16.0 Å². The van der Waals surface area contributed by atoms with Crippen molar-refractivity contribution in [1.29, 1.82) is 0 Å². The molecular formula is C24H23N3O4. The van der Waals surface area contributed by atoms with E-state index in [1.165, 1.54) is 7.11 Å². The fourth-order valence-electron chi connectivity index (χ4n) is 2.85. The van der Waals surface area contributed by atoms with Crippen LogP contribution >= 0.6 is 0 Å². The summed E-state index contributed by atoms with van der Waals surface area (Å²) in [5.41, 5.74) is 2.13. The lowest BCUT2D eigenvalue weighted by Crippen LogP contribution is -2.27. The number of benzene rings is 3. The van der Waals surface area contributed by atoms with Crippen molar-refractivity contribution in [3.8, 4) is 5.75 Å². The molecule has 3 N–H and O–H groups in total. The number of methoxy groups -OCH3 is 1. The molecule has 0 atom stereocenters. The number of nitrogens with one attached hydrogen (secondary N) is 3. The third-order valence-electron chi connectivity index (χ3n) is 4.46. The van der Waals surface area contributed by atoms with Crippen LogP contribution in [-0.4, -0.2) is 31.4 Å². The standard InChI is InChI=1S/C24H23N3O4/c1-31-21-10-6-5-9-20(21)27-24(30)18-11-13-19(14-12-18)26-22(28)15-16-25-23(29)17-7-3-2-4-8-17/h2-14H,15-16H2,1H3,(H,25,29)(H,26,28)(H,27,30). The lowest BCUT2D eigenvalue weighted by atomic mass is 10.2. The molecule has 0 saturated carbocycles. The number of hydrogen-bond donors (Lipinski definition) is 3. The summed E-state index contributed by atoms with van der Waals surface area (Å²) in [6.07, 6.45) is 0.134. The Morgan fingerprint density at radius 1 is 0.742 bits per heavy atom. The highest BCUT2D eigenvalue weighted by Gasteiger charge is 2.10. The smallest absolute Gasteiger partial charge is 0.255 e. The molecule has 0 aliphatic carbocycles. The van der Waals surface area contributed by atoms with E-state index in [1.807, 2.05) is 12.1 Å². The van der Waals surface area contributed by atoms with Crippen molar-refractivity contribution in [3.63, 3.8) is 0 Å². The van der Waals surface area contributed by atoms with Crippen molar-refractivity contribution in [2.75, 3.05) is 24.3 Å². The molecule has 3 rings (SSSR count). The predicted octanol–water partition coefficient (Wildman–Crippen LogP) is 3.71. The largest absolute Gasteiger partial charge is 0.495 e. The molecule has 0 fully saturated rings. The summed E-state index contributed by atoms with van der Waals surface area (Å²) in [5, 5.41) is 8.26. The van der Waals surface area contributed by atoms with E-state index in [4.69, 9.17) is 4.74 Å². The molecule has 0 radical (unpaired) electrons. The van der Waals surface area contributed by atoms with E-state index in [1.54, 1.807) is 66.7 Å². The van der Waals surface area contributed by atoms with Crippen molar-refractivity contribution in [2.24, 2.45) is 0 Å². The van der Waals surface area contributed by atoms with Crippen LogP contribution in [0, 0.1) is 0 Å². The number of anilines is 2. The van der Waals surface area contributed by atoms with E-state index in [9.17, 15) is 14.4 Å². The average Bonchev–Trinajstić information content (AvgIpc) is 2.80. The van der Waals surface area contributed by atoms with Crippen molar-refractivity contribution < 1.29 is 19.1 Å². The van der Waals surface area contributed by atoms with Crippen LogP contribution in [0.25, 0.3) is 0 Å². The fourth-order valence-corrected chi connectivity index (χ4v) is 2.85. The molecule has 0 unspecified atom stereocenters. The zero-order valence-electron chi connectivity index (χ0n) is 17.1. The third kappa shape index (κ3) is 6.17. The number of para-hydroxylation sites is 2. The van der Waals surface area contributed by atoms with Gasteiger partial charge in [-0.15, -0.1) is 0 Å². The van der Waals surface area contributed by atoms with Gasteiger partial charge in [0.2, 0.25) is 5.91 Å². The second kappa shape index (κ2) is 10.6. The Morgan fingerprint density at radius 2 is 1.39 bits per heavy atom. The van der Waals surface area contributed by atoms with E-state index in [0.717, 1.165) is 0 Å². The Labute approximate surface area is 180 Å². The summed E-state index contributed by atoms with van der Waals surface area (Å²) < 4.78 is 5.23. The van der Waals surface area contributed by atoms with Crippen LogP contribution in [0.2, 0.25) is 0 Å². The Hall–Kier alpha value is -4.13. The van der Waals surface area contributed by atoms with Gasteiger partial charge in [-0.1, -0.05) is 30.3 Å². The second-order valence-corrected chi connectivity index (χ2v) is 6.65. The minimum Gasteiger partial charge on any atom is -0.495 e. The zero-order valence-corrected chi connectivity index (χ0v) is 17.1. The number of amides is 3. The fraction of sp³-hybridized carbons (Fsp3) is 0.125. The van der Waals surface area contributed by atoms with Crippen LogP contribution in [0.5, 0.6) is 5.75 Å². The molecule has 158 valence electrons. The molecular weight excluding hydrogens is 394 g/mol. The van der Waals surface area contributed by atoms with E-state index in [-0.39, 0.29) is 30.7 Å². The Kier molecular flexibility index (Phi) is 7.37. The molecule has 0 bridgehead atoms. The first-order chi connectivity index (χ1) is 15.1. The summed E-state index contributed by atoms with van der Waals surface area (Å²) in [6.45, 7) is 0.221. The Bertz CT molecular complexity index is 1050. The maximum absolute atomic E-state index is 12.4. The number of rotatable bonds is 8. The van der Waals surface area contributed by atoms with Gasteiger partial charge in [0.05, 0.1) is 12.8 Å². The van der Waals surface area contributed by atoms with Gasteiger partial charge in [-0.05, 0) is 48.5 Å². The molecule has 0 heterocycles. The first-order valence-electron chi connectivity index (χ1n) is 9.74. The highest BCUT2D eigenvalue weighted by molar-refractivity contribution is 6.05. The lowest BCUT2D eigenvalue weighted by molar-refractivity contribution is -0.116. The highest BCUT2D eigenvalue weighted by atomic mass is 16.5. The topological polar surface area (TPSA) is 96.5 Å². The zero-order chi connectivity index (χ0) is 22.1. The molecule has 0 aliphatic rings. The van der Waals surface area contributed by atoms with Gasteiger partial charge in [0, 0.05) is 29.8 Å². The van der Waals surface area contributed by atoms with Gasteiger partial charge >= 0.3 is 0 Å². The molecule has 0 spiro atoms. The molecule has 31 heavy (non-hydrogen) atoms. The molecule has 0 saturated heterocycles. The minimum absolute atomic E-state index is 0.134. The van der Waals surface area contributed by atoms with Gasteiger partial charge in [-0.3, -0.25) is 14.4 Å². The van der Waals surface area contributed by atoms with Gasteiger partial charge in [0.15, 0.2) is 0 Å². The molecule has 0 aliphatic heterocycles. The monoisotopic (exact) mass is 417 g/mol. The van der Waals surface area contributed by atoms with Crippen LogP contribution in [0.15, 0.2) is 78.9 Å². The van der Waals surface area contributed by atoms with E-state index >= 15 is 0 Å². The maximum Gasteiger partial charge on any atom is 0.255 e. The molecule has 0 aromatic heterocycles. The number of hydrogen-bond acceptors (Lipinski definition) is 4. The molecule has 3 aromatic rings. The quantitative estimate of drug-likeness (QED) is 0.521. The van der Waals surface area contributed by atoms with Crippen LogP contribution < -0.4 is 20.7 Å². The van der Waals surface area contributed by atoms with Gasteiger partial charge in [0.25, 0.3) is 11.8 Å². The Morgan fingerprint density at radius 3 is 2.10 bits per heavy atom. The first kappa shape index (κ1) is 21.6. The molecule has 7 nitrogen and oxygen atoms in total. The summed E-state index contributed by atoms with van der Waals surface area (Å²) in [4.78, 5) is 36.5. The van der Waals surface area contributed by atoms with Crippen LogP contribution in [0.4, 0.5) is 11.4 Å². The molecule has 3 amide bonds. The van der Waals surface area contributed by atoms with Gasteiger partial charge in [-0.2, -0.15) is 0 Å². The maximum atomic E-state index is 12.4. The highest BCUT2D eigenvalue weighted by Crippen LogP contribution is 2.23. The van der Waals surface area contributed by atoms with Gasteiger partial charge in [0.1, 0.15) is 5.75 Å². The third-order valence-corrected chi connectivity index (χ3v) is 4.46. The van der Waals surface area contributed by atoms with E-state index in [0.29, 0.717) is 28.3 Å².